The Morgan fingerprint density at radius 3 is 1.43 bits per heavy atom. The number of allylic oxidation sites excluding steroid dienone is 2. The average molecular weight is 421 g/mol. The zero-order valence-electron chi connectivity index (χ0n) is 21.9. The van der Waals surface area contributed by atoms with Crippen molar-refractivity contribution in [3.05, 3.63) is 12.2 Å². The molecule has 0 N–H and O–H groups in total. The smallest absolute Gasteiger partial charge is 0.0262 e. The molecule has 0 bridgehead atoms. The van der Waals surface area contributed by atoms with Crippen LogP contribution in [-0.4, -0.2) is 0 Å². The van der Waals surface area contributed by atoms with Gasteiger partial charge in [0.2, 0.25) is 0 Å². The number of unbranched alkanes of at least 4 members (excludes halogenated alkanes) is 16. The highest BCUT2D eigenvalue weighted by Gasteiger charge is 2.01. The minimum atomic E-state index is 0.785. The molecule has 0 saturated carbocycles. The lowest BCUT2D eigenvalue weighted by Crippen LogP contribution is -1.94. The maximum absolute atomic E-state index is 2.49. The SMILES string of the molecule is CCCCCCCCCCCCCC(C)C=CCCCCCCC(C)CCCCC. The van der Waals surface area contributed by atoms with E-state index in [-0.39, 0.29) is 0 Å². The second-order valence-electron chi connectivity index (χ2n) is 10.3. The topological polar surface area (TPSA) is 0 Å². The molecule has 0 aliphatic carbocycles. The van der Waals surface area contributed by atoms with Gasteiger partial charge in [-0.1, -0.05) is 162 Å². The summed E-state index contributed by atoms with van der Waals surface area (Å²) in [6, 6.07) is 0. The van der Waals surface area contributed by atoms with Crippen molar-refractivity contribution in [1.82, 2.24) is 0 Å². The highest BCUT2D eigenvalue weighted by Crippen LogP contribution is 2.18. The summed E-state index contributed by atoms with van der Waals surface area (Å²) >= 11 is 0. The molecule has 0 aliphatic rings. The van der Waals surface area contributed by atoms with Gasteiger partial charge in [-0.05, 0) is 31.1 Å². The standard InChI is InChI=1S/C30H60/c1-5-7-9-10-11-12-13-14-15-18-22-27-30(4)28-24-20-17-16-19-23-26-29(3)25-21-8-6-2/h24,28-30H,5-23,25-27H2,1-4H3. The molecule has 0 amide bonds. The minimum Gasteiger partial charge on any atom is -0.0883 e. The van der Waals surface area contributed by atoms with E-state index >= 15 is 0 Å². The van der Waals surface area contributed by atoms with Crippen LogP contribution in [0.3, 0.4) is 0 Å². The van der Waals surface area contributed by atoms with Crippen molar-refractivity contribution < 1.29 is 0 Å². The fourth-order valence-electron chi connectivity index (χ4n) is 4.55. The van der Waals surface area contributed by atoms with Gasteiger partial charge < -0.3 is 0 Å². The Morgan fingerprint density at radius 1 is 0.467 bits per heavy atom. The second kappa shape index (κ2) is 25.0. The van der Waals surface area contributed by atoms with E-state index < -0.39 is 0 Å². The van der Waals surface area contributed by atoms with Crippen molar-refractivity contribution in [2.75, 3.05) is 0 Å². The molecule has 0 aliphatic heterocycles. The predicted molar refractivity (Wildman–Crippen MR) is 140 cm³/mol. The number of rotatable bonds is 24. The zero-order chi connectivity index (χ0) is 22.1. The molecule has 2 atom stereocenters. The molecule has 0 aromatic rings. The van der Waals surface area contributed by atoms with Gasteiger partial charge in [-0.3, -0.25) is 0 Å². The van der Waals surface area contributed by atoms with Crippen molar-refractivity contribution in [2.24, 2.45) is 11.8 Å². The summed E-state index contributed by atoms with van der Waals surface area (Å²) in [6.45, 7) is 9.47. The van der Waals surface area contributed by atoms with E-state index in [2.05, 4.69) is 39.8 Å². The minimum absolute atomic E-state index is 0.785. The van der Waals surface area contributed by atoms with Gasteiger partial charge in [0, 0.05) is 0 Å². The fraction of sp³-hybridized carbons (Fsp3) is 0.933. The maximum atomic E-state index is 2.49. The Kier molecular flexibility index (Phi) is 24.8. The largest absolute Gasteiger partial charge is 0.0883 e. The highest BCUT2D eigenvalue weighted by atomic mass is 14.1. The first-order valence-electron chi connectivity index (χ1n) is 14.4. The van der Waals surface area contributed by atoms with E-state index in [4.69, 9.17) is 0 Å². The molecule has 30 heavy (non-hydrogen) atoms. The lowest BCUT2D eigenvalue weighted by molar-refractivity contribution is 0.438. The monoisotopic (exact) mass is 420 g/mol. The van der Waals surface area contributed by atoms with E-state index in [9.17, 15) is 0 Å². The lowest BCUT2D eigenvalue weighted by atomic mass is 9.96. The maximum Gasteiger partial charge on any atom is -0.0262 e. The second-order valence-corrected chi connectivity index (χ2v) is 10.3. The highest BCUT2D eigenvalue weighted by molar-refractivity contribution is 4.86. The Hall–Kier alpha value is -0.260. The molecule has 0 radical (unpaired) electrons. The van der Waals surface area contributed by atoms with Gasteiger partial charge in [-0.2, -0.15) is 0 Å². The molecule has 0 aromatic carbocycles. The number of hydrogen-bond acceptors (Lipinski definition) is 0. The van der Waals surface area contributed by atoms with Crippen molar-refractivity contribution in [3.8, 4) is 0 Å². The van der Waals surface area contributed by atoms with Crippen LogP contribution < -0.4 is 0 Å². The Bertz CT molecular complexity index is 329. The van der Waals surface area contributed by atoms with Crippen LogP contribution in [0.1, 0.15) is 169 Å². The third-order valence-electron chi connectivity index (χ3n) is 6.85. The molecular formula is C30H60. The molecule has 0 saturated heterocycles. The van der Waals surface area contributed by atoms with Crippen LogP contribution in [0, 0.1) is 11.8 Å². The van der Waals surface area contributed by atoms with Crippen molar-refractivity contribution in [1.29, 1.82) is 0 Å². The Labute approximate surface area is 193 Å². The molecule has 180 valence electrons. The van der Waals surface area contributed by atoms with Gasteiger partial charge in [0.05, 0.1) is 0 Å². The Balaban J connectivity index is 3.30. The first-order valence-corrected chi connectivity index (χ1v) is 14.4. The summed E-state index contributed by atoms with van der Waals surface area (Å²) in [5.74, 6) is 1.74. The van der Waals surface area contributed by atoms with Crippen LogP contribution >= 0.6 is 0 Å². The zero-order valence-corrected chi connectivity index (χ0v) is 21.9. The third-order valence-corrected chi connectivity index (χ3v) is 6.85. The van der Waals surface area contributed by atoms with Crippen molar-refractivity contribution in [3.63, 3.8) is 0 Å². The normalized spacial score (nSPS) is 13.9. The summed E-state index contributed by atoms with van der Waals surface area (Å²) in [5.41, 5.74) is 0. The Morgan fingerprint density at radius 2 is 0.867 bits per heavy atom. The summed E-state index contributed by atoms with van der Waals surface area (Å²) in [7, 11) is 0. The van der Waals surface area contributed by atoms with Gasteiger partial charge in [-0.15, -0.1) is 0 Å². The van der Waals surface area contributed by atoms with E-state index in [1.807, 2.05) is 0 Å². The molecule has 0 heteroatoms. The molecular weight excluding hydrogens is 360 g/mol. The summed E-state index contributed by atoms with van der Waals surface area (Å²) in [5, 5.41) is 0. The molecule has 0 nitrogen and oxygen atoms in total. The van der Waals surface area contributed by atoms with Crippen LogP contribution in [0.4, 0.5) is 0 Å². The molecule has 0 heterocycles. The lowest BCUT2D eigenvalue weighted by Gasteiger charge is -2.10. The molecule has 0 aromatic heterocycles. The molecule has 0 spiro atoms. The van der Waals surface area contributed by atoms with Gasteiger partial charge in [0.1, 0.15) is 0 Å². The van der Waals surface area contributed by atoms with Gasteiger partial charge in [0.25, 0.3) is 0 Å². The van der Waals surface area contributed by atoms with Crippen LogP contribution in [0.15, 0.2) is 12.2 Å². The van der Waals surface area contributed by atoms with E-state index in [0.717, 1.165) is 11.8 Å². The quantitative estimate of drug-likeness (QED) is 0.107. The van der Waals surface area contributed by atoms with Crippen LogP contribution in [0.2, 0.25) is 0 Å². The summed E-state index contributed by atoms with van der Waals surface area (Å²) < 4.78 is 0. The average Bonchev–Trinajstić information content (AvgIpc) is 2.74. The van der Waals surface area contributed by atoms with E-state index in [0.29, 0.717) is 0 Å². The van der Waals surface area contributed by atoms with Gasteiger partial charge in [-0.25, -0.2) is 0 Å². The summed E-state index contributed by atoms with van der Waals surface area (Å²) in [4.78, 5) is 0. The summed E-state index contributed by atoms with van der Waals surface area (Å²) in [6.07, 6.45) is 36.5. The van der Waals surface area contributed by atoms with Gasteiger partial charge >= 0.3 is 0 Å². The molecule has 2 unspecified atom stereocenters. The molecule has 0 rings (SSSR count). The van der Waals surface area contributed by atoms with E-state index in [1.54, 1.807) is 0 Å². The van der Waals surface area contributed by atoms with Crippen LogP contribution in [0.5, 0.6) is 0 Å². The van der Waals surface area contributed by atoms with Crippen molar-refractivity contribution in [2.45, 2.75) is 169 Å². The first-order chi connectivity index (χ1) is 14.7. The third kappa shape index (κ3) is 24.0. The predicted octanol–water partition coefficient (Wildman–Crippen LogP) is 11.4. The van der Waals surface area contributed by atoms with E-state index in [1.165, 1.54) is 141 Å². The first kappa shape index (κ1) is 29.7. The fourth-order valence-corrected chi connectivity index (χ4v) is 4.55. The number of hydrogen-bond donors (Lipinski definition) is 0. The molecule has 0 fully saturated rings. The van der Waals surface area contributed by atoms with Crippen molar-refractivity contribution >= 4 is 0 Å². The van der Waals surface area contributed by atoms with Crippen LogP contribution in [-0.2, 0) is 0 Å². The van der Waals surface area contributed by atoms with Crippen LogP contribution in [0.25, 0.3) is 0 Å². The van der Waals surface area contributed by atoms with Gasteiger partial charge in [0.15, 0.2) is 0 Å².